The molecule has 1 aliphatic rings. The lowest BCUT2D eigenvalue weighted by atomic mass is 9.75. The monoisotopic (exact) mass is 258 g/mol. The smallest absolute Gasteiger partial charge is 0.332 e. The quantitative estimate of drug-likeness (QED) is 0.486. The molecule has 0 spiro atoms. The first-order chi connectivity index (χ1) is 8.60. The Morgan fingerprint density at radius 1 is 1.39 bits per heavy atom. The predicted molar refractivity (Wildman–Crippen MR) is 70.6 cm³/mol. The molecular weight excluding hydrogens is 232 g/mol. The molecule has 1 saturated carbocycles. The van der Waals surface area contributed by atoms with E-state index in [0.29, 0.717) is 18.8 Å². The topological polar surface area (TPSA) is 50.8 Å². The van der Waals surface area contributed by atoms with E-state index in [1.54, 1.807) is 6.92 Å². The normalized spacial score (nSPS) is 17.6. The number of nitrogens with zero attached hydrogens (tertiary/aromatic N) is 1. The molecular formula is C13H26N2O3. The molecule has 0 atom stereocenters. The Labute approximate surface area is 110 Å². The Bertz CT molecular complexity index is 253. The summed E-state index contributed by atoms with van der Waals surface area (Å²) in [6, 6.07) is 0. The fourth-order valence-electron chi connectivity index (χ4n) is 2.19. The van der Waals surface area contributed by atoms with Crippen LogP contribution in [0.3, 0.4) is 0 Å². The summed E-state index contributed by atoms with van der Waals surface area (Å²) < 4.78 is 9.99. The van der Waals surface area contributed by atoms with Gasteiger partial charge in [0.15, 0.2) is 0 Å². The van der Waals surface area contributed by atoms with E-state index in [1.165, 1.54) is 19.3 Å². The molecule has 5 nitrogen and oxygen atoms in total. The molecule has 0 bridgehead atoms. The average molecular weight is 258 g/mol. The highest BCUT2D eigenvalue weighted by Crippen LogP contribution is 2.35. The predicted octanol–water partition coefficient (Wildman–Crippen LogP) is 0.640. The molecule has 5 heteroatoms. The maximum Gasteiger partial charge on any atom is 0.332 e. The molecule has 1 rings (SSSR count). The van der Waals surface area contributed by atoms with E-state index in [4.69, 9.17) is 9.47 Å². The van der Waals surface area contributed by atoms with Crippen LogP contribution in [-0.2, 0) is 14.3 Å². The Kier molecular flexibility index (Phi) is 6.60. The lowest BCUT2D eigenvalue weighted by Crippen LogP contribution is -2.56. The fraction of sp³-hybridized carbons (Fsp3) is 0.923. The van der Waals surface area contributed by atoms with Gasteiger partial charge in [0.2, 0.25) is 0 Å². The highest BCUT2D eigenvalue weighted by atomic mass is 16.6. The summed E-state index contributed by atoms with van der Waals surface area (Å²) >= 11 is 0. The van der Waals surface area contributed by atoms with Crippen LogP contribution in [0.5, 0.6) is 0 Å². The third-order valence-electron chi connectivity index (χ3n) is 3.64. The number of nitrogens with one attached hydrogen (secondary N) is 1. The minimum Gasteiger partial charge on any atom is -0.464 e. The van der Waals surface area contributed by atoms with Gasteiger partial charge in [0, 0.05) is 18.6 Å². The van der Waals surface area contributed by atoms with Gasteiger partial charge in [-0.1, -0.05) is 0 Å². The SMILES string of the molecule is CCOC(=O)COCCNCC1(N(C)C)CCC1. The summed E-state index contributed by atoms with van der Waals surface area (Å²) in [7, 11) is 4.27. The molecule has 0 radical (unpaired) electrons. The molecule has 18 heavy (non-hydrogen) atoms. The zero-order valence-electron chi connectivity index (χ0n) is 11.8. The molecule has 106 valence electrons. The second-order valence-corrected chi connectivity index (χ2v) is 5.01. The molecule has 1 aliphatic carbocycles. The number of likely N-dealkylation sites (N-methyl/N-ethyl adjacent to an activating group) is 1. The minimum absolute atomic E-state index is 0.0499. The van der Waals surface area contributed by atoms with Gasteiger partial charge in [0.25, 0.3) is 0 Å². The van der Waals surface area contributed by atoms with Crippen LogP contribution in [-0.4, -0.2) is 63.4 Å². The Balaban J connectivity index is 2.00. The molecule has 0 heterocycles. The Morgan fingerprint density at radius 3 is 2.61 bits per heavy atom. The van der Waals surface area contributed by atoms with Crippen LogP contribution in [0.15, 0.2) is 0 Å². The van der Waals surface area contributed by atoms with Crippen LogP contribution < -0.4 is 5.32 Å². The van der Waals surface area contributed by atoms with Gasteiger partial charge in [0.05, 0.1) is 13.2 Å². The van der Waals surface area contributed by atoms with Crippen molar-refractivity contribution in [1.82, 2.24) is 10.2 Å². The molecule has 0 saturated heterocycles. The lowest BCUT2D eigenvalue weighted by molar-refractivity contribution is -0.148. The summed E-state index contributed by atoms with van der Waals surface area (Å²) in [5.74, 6) is -0.291. The fourth-order valence-corrected chi connectivity index (χ4v) is 2.19. The van der Waals surface area contributed by atoms with Gasteiger partial charge in [-0.25, -0.2) is 4.79 Å². The van der Waals surface area contributed by atoms with Gasteiger partial charge in [-0.3, -0.25) is 0 Å². The van der Waals surface area contributed by atoms with E-state index in [9.17, 15) is 4.79 Å². The van der Waals surface area contributed by atoms with Crippen LogP contribution in [0, 0.1) is 0 Å². The second-order valence-electron chi connectivity index (χ2n) is 5.01. The van der Waals surface area contributed by atoms with E-state index < -0.39 is 0 Å². The van der Waals surface area contributed by atoms with Crippen molar-refractivity contribution in [1.29, 1.82) is 0 Å². The van der Waals surface area contributed by atoms with Crippen molar-refractivity contribution in [2.75, 3.05) is 47.0 Å². The molecule has 0 aromatic carbocycles. The standard InChI is InChI=1S/C13H26N2O3/c1-4-18-12(16)10-17-9-8-14-11-13(15(2)3)6-5-7-13/h14H,4-11H2,1-3H3. The first-order valence-electron chi connectivity index (χ1n) is 6.72. The number of hydrogen-bond acceptors (Lipinski definition) is 5. The van der Waals surface area contributed by atoms with Gasteiger partial charge >= 0.3 is 5.97 Å². The molecule has 0 unspecified atom stereocenters. The largest absolute Gasteiger partial charge is 0.464 e. The third kappa shape index (κ3) is 4.55. The van der Waals surface area contributed by atoms with E-state index in [2.05, 4.69) is 24.3 Å². The van der Waals surface area contributed by atoms with Crippen molar-refractivity contribution < 1.29 is 14.3 Å². The highest BCUT2D eigenvalue weighted by Gasteiger charge is 2.38. The number of carbonyl (C=O) groups is 1. The number of ether oxygens (including phenoxy) is 2. The van der Waals surface area contributed by atoms with Crippen molar-refractivity contribution in [3.05, 3.63) is 0 Å². The maximum atomic E-state index is 11.0. The van der Waals surface area contributed by atoms with Crippen LogP contribution in [0.25, 0.3) is 0 Å². The average Bonchev–Trinajstić information content (AvgIpc) is 2.25. The zero-order valence-corrected chi connectivity index (χ0v) is 11.8. The van der Waals surface area contributed by atoms with E-state index in [0.717, 1.165) is 13.1 Å². The number of rotatable bonds is 9. The van der Waals surface area contributed by atoms with E-state index in [-0.39, 0.29) is 12.6 Å². The maximum absolute atomic E-state index is 11.0. The molecule has 1 N–H and O–H groups in total. The second kappa shape index (κ2) is 7.71. The summed E-state index contributed by atoms with van der Waals surface area (Å²) in [5, 5.41) is 3.40. The first-order valence-corrected chi connectivity index (χ1v) is 6.72. The van der Waals surface area contributed by atoms with Crippen LogP contribution in [0.4, 0.5) is 0 Å². The van der Waals surface area contributed by atoms with Gasteiger partial charge in [0.1, 0.15) is 6.61 Å². The highest BCUT2D eigenvalue weighted by molar-refractivity contribution is 5.70. The van der Waals surface area contributed by atoms with Crippen molar-refractivity contribution in [2.24, 2.45) is 0 Å². The Hall–Kier alpha value is -0.650. The molecule has 0 aromatic rings. The summed E-state index contributed by atoms with van der Waals surface area (Å²) in [6.07, 6.45) is 3.84. The molecule has 0 aromatic heterocycles. The zero-order chi connectivity index (χ0) is 13.4. The van der Waals surface area contributed by atoms with Crippen LogP contribution in [0.2, 0.25) is 0 Å². The van der Waals surface area contributed by atoms with Crippen LogP contribution >= 0.6 is 0 Å². The van der Waals surface area contributed by atoms with E-state index >= 15 is 0 Å². The lowest BCUT2D eigenvalue weighted by Gasteiger charge is -2.47. The number of esters is 1. The van der Waals surface area contributed by atoms with Crippen molar-refractivity contribution in [3.8, 4) is 0 Å². The van der Waals surface area contributed by atoms with Crippen molar-refractivity contribution >= 4 is 5.97 Å². The van der Waals surface area contributed by atoms with Gasteiger partial charge in [-0.15, -0.1) is 0 Å². The van der Waals surface area contributed by atoms with Crippen molar-refractivity contribution in [2.45, 2.75) is 31.7 Å². The third-order valence-corrected chi connectivity index (χ3v) is 3.64. The number of hydrogen-bond donors (Lipinski definition) is 1. The first kappa shape index (κ1) is 15.4. The van der Waals surface area contributed by atoms with Gasteiger partial charge < -0.3 is 19.7 Å². The minimum atomic E-state index is -0.291. The van der Waals surface area contributed by atoms with Crippen molar-refractivity contribution in [3.63, 3.8) is 0 Å². The van der Waals surface area contributed by atoms with E-state index in [1.807, 2.05) is 0 Å². The van der Waals surface area contributed by atoms with Gasteiger partial charge in [-0.05, 0) is 40.3 Å². The Morgan fingerprint density at radius 2 is 2.11 bits per heavy atom. The van der Waals surface area contributed by atoms with Gasteiger partial charge in [-0.2, -0.15) is 0 Å². The molecule has 0 amide bonds. The summed E-state index contributed by atoms with van der Waals surface area (Å²) in [5.41, 5.74) is 0.334. The molecule has 1 fully saturated rings. The number of carbonyl (C=O) groups excluding carboxylic acids is 1. The summed E-state index contributed by atoms with van der Waals surface area (Å²) in [6.45, 7) is 4.55. The van der Waals surface area contributed by atoms with Crippen LogP contribution in [0.1, 0.15) is 26.2 Å². The summed E-state index contributed by atoms with van der Waals surface area (Å²) in [4.78, 5) is 13.3. The molecule has 0 aliphatic heterocycles.